The lowest BCUT2D eigenvalue weighted by Crippen LogP contribution is -2.47. The molecular formula is C18H23N3O2S2. The van der Waals surface area contributed by atoms with E-state index in [2.05, 4.69) is 15.6 Å². The monoisotopic (exact) mass is 377 g/mol. The van der Waals surface area contributed by atoms with E-state index in [0.717, 1.165) is 16.3 Å². The molecule has 2 unspecified atom stereocenters. The molecule has 1 aromatic carbocycles. The maximum atomic E-state index is 12.7. The highest BCUT2D eigenvalue weighted by molar-refractivity contribution is 8.00. The van der Waals surface area contributed by atoms with E-state index in [1.165, 1.54) is 11.3 Å². The Morgan fingerprint density at radius 1 is 1.28 bits per heavy atom. The van der Waals surface area contributed by atoms with Crippen molar-refractivity contribution in [3.8, 4) is 0 Å². The van der Waals surface area contributed by atoms with Gasteiger partial charge in [-0.1, -0.05) is 49.8 Å². The van der Waals surface area contributed by atoms with Gasteiger partial charge >= 0.3 is 0 Å². The summed E-state index contributed by atoms with van der Waals surface area (Å²) in [7, 11) is 0. The van der Waals surface area contributed by atoms with E-state index in [4.69, 9.17) is 0 Å². The molecule has 0 radical (unpaired) electrons. The number of nitrogens with zero attached hydrogens (tertiary/aromatic N) is 1. The lowest BCUT2D eigenvalue weighted by molar-refractivity contribution is -0.119. The van der Waals surface area contributed by atoms with Crippen LogP contribution in [0.15, 0.2) is 34.5 Å². The first-order chi connectivity index (χ1) is 12.0. The summed E-state index contributed by atoms with van der Waals surface area (Å²) in [4.78, 5) is 29.5. The van der Waals surface area contributed by atoms with Crippen molar-refractivity contribution in [2.75, 3.05) is 11.6 Å². The Morgan fingerprint density at radius 2 is 1.96 bits per heavy atom. The lowest BCUT2D eigenvalue weighted by atomic mass is 9.98. The Hall–Kier alpha value is -1.86. The fourth-order valence-corrected chi connectivity index (χ4v) is 3.94. The minimum Gasteiger partial charge on any atom is -0.340 e. The highest BCUT2D eigenvalue weighted by atomic mass is 32.2. The largest absolute Gasteiger partial charge is 0.340 e. The van der Waals surface area contributed by atoms with Crippen molar-refractivity contribution in [3.05, 3.63) is 41.6 Å². The number of carbonyl (C=O) groups excluding carboxylic acids is 2. The zero-order valence-electron chi connectivity index (χ0n) is 14.8. The fourth-order valence-electron chi connectivity index (χ4n) is 2.32. The minimum atomic E-state index is -0.611. The molecule has 0 fully saturated rings. The van der Waals surface area contributed by atoms with E-state index >= 15 is 0 Å². The third-order valence-electron chi connectivity index (χ3n) is 3.99. The van der Waals surface area contributed by atoms with E-state index < -0.39 is 6.04 Å². The van der Waals surface area contributed by atoms with Crippen LogP contribution in [0.2, 0.25) is 0 Å². The van der Waals surface area contributed by atoms with Gasteiger partial charge in [-0.2, -0.15) is 0 Å². The summed E-state index contributed by atoms with van der Waals surface area (Å²) in [6.07, 6.45) is 2.76. The quantitative estimate of drug-likeness (QED) is 0.717. The summed E-state index contributed by atoms with van der Waals surface area (Å²) >= 11 is 3.05. The molecule has 0 bridgehead atoms. The lowest BCUT2D eigenvalue weighted by Gasteiger charge is -2.23. The average Bonchev–Trinajstić information content (AvgIpc) is 2.98. The van der Waals surface area contributed by atoms with Crippen molar-refractivity contribution in [3.63, 3.8) is 0 Å². The number of hydrogen-bond donors (Lipinski definition) is 2. The zero-order valence-corrected chi connectivity index (χ0v) is 16.5. The molecule has 0 aliphatic carbocycles. The summed E-state index contributed by atoms with van der Waals surface area (Å²) < 4.78 is 1.07. The Kier molecular flexibility index (Phi) is 7.01. The molecule has 5 nitrogen and oxygen atoms in total. The van der Waals surface area contributed by atoms with Gasteiger partial charge in [0.25, 0.3) is 5.91 Å². The van der Waals surface area contributed by atoms with Gasteiger partial charge in [-0.15, -0.1) is 11.8 Å². The van der Waals surface area contributed by atoms with Crippen molar-refractivity contribution < 1.29 is 9.59 Å². The predicted molar refractivity (Wildman–Crippen MR) is 104 cm³/mol. The van der Waals surface area contributed by atoms with E-state index in [1.807, 2.05) is 33.1 Å². The summed E-state index contributed by atoms with van der Waals surface area (Å²) in [5.74, 6) is -0.477. The van der Waals surface area contributed by atoms with E-state index in [-0.39, 0.29) is 17.7 Å². The number of thioether (sulfide) groups is 1. The van der Waals surface area contributed by atoms with Gasteiger partial charge in [-0.25, -0.2) is 4.98 Å². The van der Waals surface area contributed by atoms with Crippen LogP contribution < -0.4 is 10.6 Å². The molecule has 0 spiro atoms. The summed E-state index contributed by atoms with van der Waals surface area (Å²) in [5, 5.41) is 6.27. The maximum absolute atomic E-state index is 12.7. The van der Waals surface area contributed by atoms with Crippen LogP contribution in [0.5, 0.6) is 0 Å². The number of hydrogen-bond acceptors (Lipinski definition) is 5. The molecule has 2 N–H and O–H groups in total. The van der Waals surface area contributed by atoms with Crippen LogP contribution in [0.25, 0.3) is 0 Å². The van der Waals surface area contributed by atoms with Gasteiger partial charge in [-0.05, 0) is 31.2 Å². The molecule has 7 heteroatoms. The minimum absolute atomic E-state index is 0.00809. The average molecular weight is 378 g/mol. The van der Waals surface area contributed by atoms with Crippen molar-refractivity contribution in [1.29, 1.82) is 0 Å². The molecule has 0 saturated heterocycles. The molecule has 2 rings (SSSR count). The van der Waals surface area contributed by atoms with Crippen molar-refractivity contribution >= 4 is 40.0 Å². The van der Waals surface area contributed by atoms with Gasteiger partial charge in [0, 0.05) is 5.56 Å². The number of nitrogens with one attached hydrogen (secondary N) is 2. The van der Waals surface area contributed by atoms with E-state index in [9.17, 15) is 9.59 Å². The maximum Gasteiger partial charge on any atom is 0.251 e. The Labute approximate surface area is 156 Å². The first-order valence-corrected chi connectivity index (χ1v) is 10.2. The molecule has 134 valence electrons. The Bertz CT molecular complexity index is 731. The number of aryl methyl sites for hydroxylation is 1. The molecule has 25 heavy (non-hydrogen) atoms. The van der Waals surface area contributed by atoms with Crippen LogP contribution in [0.3, 0.4) is 0 Å². The third kappa shape index (κ3) is 5.06. The number of benzene rings is 1. The van der Waals surface area contributed by atoms with Crippen LogP contribution in [-0.4, -0.2) is 29.1 Å². The third-order valence-corrected chi connectivity index (χ3v) is 6.27. The first-order valence-electron chi connectivity index (χ1n) is 8.14. The molecule has 2 atom stereocenters. The van der Waals surface area contributed by atoms with Crippen molar-refractivity contribution in [2.45, 2.75) is 37.4 Å². The molecule has 0 aliphatic heterocycles. The SMILES string of the molecule is CCC(C)C(NC(=O)c1ccccc1)C(=O)Nc1nc(C)c(SC)s1. The second-order valence-electron chi connectivity index (χ2n) is 5.79. The van der Waals surface area contributed by atoms with E-state index in [1.54, 1.807) is 36.0 Å². The summed E-state index contributed by atoms with van der Waals surface area (Å²) in [5.41, 5.74) is 1.44. The summed E-state index contributed by atoms with van der Waals surface area (Å²) in [6.45, 7) is 5.87. The van der Waals surface area contributed by atoms with Gasteiger partial charge in [0.05, 0.1) is 9.90 Å². The van der Waals surface area contributed by atoms with E-state index in [0.29, 0.717) is 10.7 Å². The van der Waals surface area contributed by atoms with Gasteiger partial charge in [0.2, 0.25) is 5.91 Å². The highest BCUT2D eigenvalue weighted by Gasteiger charge is 2.27. The number of aromatic nitrogens is 1. The number of carbonyl (C=O) groups is 2. The van der Waals surface area contributed by atoms with Crippen LogP contribution in [0.4, 0.5) is 5.13 Å². The second-order valence-corrected chi connectivity index (χ2v) is 7.86. The number of anilines is 1. The van der Waals surface area contributed by atoms with Crippen LogP contribution in [0, 0.1) is 12.8 Å². The van der Waals surface area contributed by atoms with Gasteiger partial charge in [-0.3, -0.25) is 9.59 Å². The first kappa shape index (κ1) is 19.5. The fraction of sp³-hybridized carbons (Fsp3) is 0.389. The van der Waals surface area contributed by atoms with Gasteiger partial charge < -0.3 is 10.6 Å². The summed E-state index contributed by atoms with van der Waals surface area (Å²) in [6, 6.07) is 8.31. The normalized spacial score (nSPS) is 13.1. The number of rotatable bonds is 7. The van der Waals surface area contributed by atoms with Gasteiger partial charge in [0.15, 0.2) is 5.13 Å². The molecular weight excluding hydrogens is 354 g/mol. The zero-order chi connectivity index (χ0) is 18.4. The molecule has 2 aromatic rings. The van der Waals surface area contributed by atoms with Crippen LogP contribution in [0.1, 0.15) is 36.3 Å². The molecule has 0 saturated carbocycles. The van der Waals surface area contributed by atoms with Crippen molar-refractivity contribution in [1.82, 2.24) is 10.3 Å². The second kappa shape index (κ2) is 9.01. The molecule has 0 aliphatic rings. The smallest absolute Gasteiger partial charge is 0.251 e. The predicted octanol–water partition coefficient (Wildman–Crippen LogP) is 3.96. The number of amides is 2. The topological polar surface area (TPSA) is 71.1 Å². The molecule has 1 aromatic heterocycles. The number of thiazole rings is 1. The highest BCUT2D eigenvalue weighted by Crippen LogP contribution is 2.30. The Balaban J connectivity index is 2.13. The van der Waals surface area contributed by atoms with Crippen molar-refractivity contribution in [2.24, 2.45) is 5.92 Å². The molecule has 2 amide bonds. The van der Waals surface area contributed by atoms with Crippen LogP contribution >= 0.6 is 23.1 Å². The van der Waals surface area contributed by atoms with Crippen LogP contribution in [-0.2, 0) is 4.79 Å². The Morgan fingerprint density at radius 3 is 2.52 bits per heavy atom. The standard InChI is InChI=1S/C18H23N3O2S2/c1-5-11(2)14(20-15(22)13-9-7-6-8-10-13)16(23)21-18-19-12(3)17(24-4)25-18/h6-11,14H,5H2,1-4H3,(H,20,22)(H,19,21,23). The van der Waals surface area contributed by atoms with Gasteiger partial charge in [0.1, 0.15) is 6.04 Å². The molecule has 1 heterocycles.